The van der Waals surface area contributed by atoms with Crippen molar-refractivity contribution in [2.45, 2.75) is 18.2 Å². The number of hydrogen-bond donors (Lipinski definition) is 1. The smallest absolute Gasteiger partial charge is 0.338 e. The van der Waals surface area contributed by atoms with Crippen molar-refractivity contribution >= 4 is 33.5 Å². The Morgan fingerprint density at radius 2 is 1.75 bits per heavy atom. The van der Waals surface area contributed by atoms with Crippen LogP contribution in [0.25, 0.3) is 0 Å². The van der Waals surface area contributed by atoms with Crippen molar-refractivity contribution in [1.29, 1.82) is 0 Å². The second kappa shape index (κ2) is 7.81. The summed E-state index contributed by atoms with van der Waals surface area (Å²) in [6.07, 6.45) is -0.196. The van der Waals surface area contributed by atoms with Gasteiger partial charge in [0, 0.05) is 18.7 Å². The highest BCUT2D eigenvalue weighted by Gasteiger charge is 2.40. The molecule has 0 fully saturated rings. The standard InChI is InChI=1S/C19H18N2O6S/c1-2-27-19(24)13-7-9-14(10-8-13)20-17(22)11-12-21-18(23)15-5-3-4-6-16(15)28(21,25)26/h3-10H,2,11-12H2,1H3,(H,20,22). The molecule has 0 saturated heterocycles. The number of fused-ring (bicyclic) bond motifs is 1. The Hall–Kier alpha value is -3.20. The zero-order chi connectivity index (χ0) is 20.3. The number of nitrogens with zero attached hydrogens (tertiary/aromatic N) is 1. The van der Waals surface area contributed by atoms with E-state index in [1.807, 2.05) is 0 Å². The summed E-state index contributed by atoms with van der Waals surface area (Å²) in [4.78, 5) is 36.0. The predicted molar refractivity (Wildman–Crippen MR) is 100 cm³/mol. The second-order valence-electron chi connectivity index (χ2n) is 5.97. The van der Waals surface area contributed by atoms with Gasteiger partial charge in [0.1, 0.15) is 4.90 Å². The number of sulfonamides is 1. The SMILES string of the molecule is CCOC(=O)c1ccc(NC(=O)CCN2C(=O)c3ccccc3S2(=O)=O)cc1. The normalized spacial score (nSPS) is 14.5. The Labute approximate surface area is 162 Å². The number of hydrogen-bond acceptors (Lipinski definition) is 6. The maximum atomic E-state index is 12.4. The molecule has 1 aliphatic heterocycles. The fraction of sp³-hybridized carbons (Fsp3) is 0.211. The number of carbonyl (C=O) groups is 3. The molecule has 0 aliphatic carbocycles. The lowest BCUT2D eigenvalue weighted by atomic mass is 10.2. The van der Waals surface area contributed by atoms with Crippen molar-refractivity contribution in [2.75, 3.05) is 18.5 Å². The Balaban J connectivity index is 1.61. The highest BCUT2D eigenvalue weighted by Crippen LogP contribution is 2.29. The lowest BCUT2D eigenvalue weighted by Crippen LogP contribution is -2.33. The van der Waals surface area contributed by atoms with Crippen molar-refractivity contribution in [1.82, 2.24) is 4.31 Å². The molecule has 0 bridgehead atoms. The van der Waals surface area contributed by atoms with Crippen LogP contribution in [-0.2, 0) is 19.6 Å². The van der Waals surface area contributed by atoms with Crippen molar-refractivity contribution in [3.05, 3.63) is 59.7 Å². The zero-order valence-electron chi connectivity index (χ0n) is 15.0. The van der Waals surface area contributed by atoms with Gasteiger partial charge in [0.25, 0.3) is 15.9 Å². The van der Waals surface area contributed by atoms with Gasteiger partial charge >= 0.3 is 5.97 Å². The number of ether oxygens (including phenoxy) is 1. The van der Waals surface area contributed by atoms with Gasteiger partial charge in [-0.2, -0.15) is 0 Å². The molecule has 2 amide bonds. The van der Waals surface area contributed by atoms with Crippen LogP contribution >= 0.6 is 0 Å². The molecular weight excluding hydrogens is 384 g/mol. The first kappa shape index (κ1) is 19.6. The predicted octanol–water partition coefficient (Wildman–Crippen LogP) is 2.04. The molecule has 28 heavy (non-hydrogen) atoms. The first-order valence-electron chi connectivity index (χ1n) is 8.57. The molecule has 0 radical (unpaired) electrons. The summed E-state index contributed by atoms with van der Waals surface area (Å²) < 4.78 is 30.5. The summed E-state index contributed by atoms with van der Waals surface area (Å²) in [6.45, 7) is 1.71. The summed E-state index contributed by atoms with van der Waals surface area (Å²) in [5.41, 5.74) is 0.903. The van der Waals surface area contributed by atoms with Gasteiger partial charge in [0.2, 0.25) is 5.91 Å². The van der Waals surface area contributed by atoms with Crippen LogP contribution in [-0.4, -0.2) is 43.7 Å². The highest BCUT2D eigenvalue weighted by molar-refractivity contribution is 7.90. The number of rotatable bonds is 6. The minimum absolute atomic E-state index is 0.0463. The van der Waals surface area contributed by atoms with Crippen molar-refractivity contribution in [2.24, 2.45) is 0 Å². The van der Waals surface area contributed by atoms with E-state index < -0.39 is 27.8 Å². The van der Waals surface area contributed by atoms with Gasteiger partial charge in [-0.15, -0.1) is 0 Å². The maximum absolute atomic E-state index is 12.4. The van der Waals surface area contributed by atoms with Crippen molar-refractivity contribution in [3.63, 3.8) is 0 Å². The Morgan fingerprint density at radius 1 is 1.07 bits per heavy atom. The van der Waals surface area contributed by atoms with E-state index in [-0.39, 0.29) is 30.0 Å². The molecule has 0 saturated carbocycles. The highest BCUT2D eigenvalue weighted by atomic mass is 32.2. The number of amides is 2. The van der Waals surface area contributed by atoms with E-state index in [2.05, 4.69) is 5.32 Å². The fourth-order valence-electron chi connectivity index (χ4n) is 2.78. The molecule has 146 valence electrons. The van der Waals surface area contributed by atoms with E-state index in [0.29, 0.717) is 15.6 Å². The van der Waals surface area contributed by atoms with Crippen LogP contribution < -0.4 is 5.32 Å². The van der Waals surface area contributed by atoms with E-state index in [1.165, 1.54) is 36.4 Å². The maximum Gasteiger partial charge on any atom is 0.338 e. The van der Waals surface area contributed by atoms with E-state index in [1.54, 1.807) is 19.1 Å². The van der Waals surface area contributed by atoms with Gasteiger partial charge in [-0.3, -0.25) is 9.59 Å². The quantitative estimate of drug-likeness (QED) is 0.741. The molecule has 1 N–H and O–H groups in total. The molecule has 3 rings (SSSR count). The van der Waals surface area contributed by atoms with Crippen LogP contribution in [0.5, 0.6) is 0 Å². The monoisotopic (exact) mass is 402 g/mol. The minimum atomic E-state index is -3.93. The number of anilines is 1. The number of nitrogens with one attached hydrogen (secondary N) is 1. The topological polar surface area (TPSA) is 110 Å². The number of esters is 1. The van der Waals surface area contributed by atoms with Crippen LogP contribution in [0.1, 0.15) is 34.1 Å². The number of benzene rings is 2. The van der Waals surface area contributed by atoms with Gasteiger partial charge < -0.3 is 10.1 Å². The lowest BCUT2D eigenvalue weighted by Gasteiger charge is -2.14. The average molecular weight is 402 g/mol. The fourth-order valence-corrected chi connectivity index (χ4v) is 4.35. The van der Waals surface area contributed by atoms with Gasteiger partial charge in [-0.25, -0.2) is 17.5 Å². The van der Waals surface area contributed by atoms with Crippen LogP contribution in [0.2, 0.25) is 0 Å². The molecule has 8 nitrogen and oxygen atoms in total. The van der Waals surface area contributed by atoms with E-state index in [0.717, 1.165) is 0 Å². The lowest BCUT2D eigenvalue weighted by molar-refractivity contribution is -0.116. The first-order chi connectivity index (χ1) is 13.3. The van der Waals surface area contributed by atoms with Crippen molar-refractivity contribution in [3.8, 4) is 0 Å². The molecule has 9 heteroatoms. The summed E-state index contributed by atoms with van der Waals surface area (Å²) in [5, 5.41) is 2.60. The summed E-state index contributed by atoms with van der Waals surface area (Å²) in [5.74, 6) is -1.55. The summed E-state index contributed by atoms with van der Waals surface area (Å²) in [7, 11) is -3.93. The average Bonchev–Trinajstić information content (AvgIpc) is 2.87. The van der Waals surface area contributed by atoms with Crippen LogP contribution in [0.4, 0.5) is 5.69 Å². The zero-order valence-corrected chi connectivity index (χ0v) is 15.9. The largest absolute Gasteiger partial charge is 0.462 e. The van der Waals surface area contributed by atoms with E-state index in [9.17, 15) is 22.8 Å². The van der Waals surface area contributed by atoms with Crippen LogP contribution in [0.3, 0.4) is 0 Å². The molecule has 1 aliphatic rings. The molecule has 2 aromatic carbocycles. The first-order valence-corrected chi connectivity index (χ1v) is 10.0. The van der Waals surface area contributed by atoms with Gasteiger partial charge in [0.15, 0.2) is 0 Å². The Bertz CT molecular complexity index is 1030. The summed E-state index contributed by atoms with van der Waals surface area (Å²) >= 11 is 0. The van der Waals surface area contributed by atoms with Gasteiger partial charge in [0.05, 0.1) is 17.7 Å². The minimum Gasteiger partial charge on any atom is -0.462 e. The van der Waals surface area contributed by atoms with Gasteiger partial charge in [-0.05, 0) is 43.3 Å². The van der Waals surface area contributed by atoms with Crippen molar-refractivity contribution < 1.29 is 27.5 Å². The Morgan fingerprint density at radius 3 is 2.39 bits per heavy atom. The molecule has 0 spiro atoms. The third-order valence-corrected chi connectivity index (χ3v) is 5.97. The Kier molecular flexibility index (Phi) is 5.46. The van der Waals surface area contributed by atoms with Crippen LogP contribution in [0.15, 0.2) is 53.4 Å². The van der Waals surface area contributed by atoms with E-state index in [4.69, 9.17) is 4.74 Å². The third-order valence-electron chi connectivity index (χ3n) is 4.13. The molecule has 0 aromatic heterocycles. The molecular formula is C19H18N2O6S. The third kappa shape index (κ3) is 3.74. The summed E-state index contributed by atoms with van der Waals surface area (Å²) in [6, 6.07) is 12.0. The van der Waals surface area contributed by atoms with E-state index >= 15 is 0 Å². The molecule has 0 atom stereocenters. The second-order valence-corrected chi connectivity index (χ2v) is 7.81. The molecule has 0 unspecified atom stereocenters. The van der Waals surface area contributed by atoms with Crippen LogP contribution in [0, 0.1) is 0 Å². The number of carbonyl (C=O) groups excluding carboxylic acids is 3. The molecule has 2 aromatic rings. The molecule has 1 heterocycles. The van der Waals surface area contributed by atoms with Gasteiger partial charge in [-0.1, -0.05) is 12.1 Å².